The lowest BCUT2D eigenvalue weighted by Gasteiger charge is -2.28. The first-order valence-corrected chi connectivity index (χ1v) is 7.27. The zero-order valence-electron chi connectivity index (χ0n) is 11.0. The van der Waals surface area contributed by atoms with Crippen LogP contribution in [0.25, 0.3) is 0 Å². The fraction of sp³-hybridized carbons (Fsp3) is 0.929. The first-order valence-electron chi connectivity index (χ1n) is 7.27. The topological polar surface area (TPSA) is 41.1 Å². The number of carbonyl (C=O) groups excluding carboxylic acids is 1. The number of nitrogens with one attached hydrogen (secondary N) is 2. The van der Waals surface area contributed by atoms with E-state index in [-0.39, 0.29) is 11.9 Å². The number of hydrogen-bond acceptors (Lipinski definition) is 2. The normalized spacial score (nSPS) is 31.1. The van der Waals surface area contributed by atoms with Gasteiger partial charge in [0, 0.05) is 6.54 Å². The van der Waals surface area contributed by atoms with E-state index in [1.54, 1.807) is 0 Å². The molecule has 1 aliphatic carbocycles. The molecule has 0 bridgehead atoms. The Balaban J connectivity index is 1.69. The van der Waals surface area contributed by atoms with Gasteiger partial charge in [0.05, 0.1) is 6.04 Å². The van der Waals surface area contributed by atoms with Crippen molar-refractivity contribution >= 4 is 5.91 Å². The van der Waals surface area contributed by atoms with Crippen LogP contribution in [0.4, 0.5) is 0 Å². The van der Waals surface area contributed by atoms with Crippen LogP contribution in [-0.2, 0) is 4.79 Å². The van der Waals surface area contributed by atoms with E-state index in [4.69, 9.17) is 0 Å². The Labute approximate surface area is 105 Å². The van der Waals surface area contributed by atoms with Crippen molar-refractivity contribution in [2.24, 2.45) is 11.8 Å². The number of carbonyl (C=O) groups is 1. The molecule has 1 saturated heterocycles. The fourth-order valence-electron chi connectivity index (χ4n) is 3.07. The predicted molar refractivity (Wildman–Crippen MR) is 69.8 cm³/mol. The molecule has 0 aromatic carbocycles. The van der Waals surface area contributed by atoms with Gasteiger partial charge < -0.3 is 10.6 Å². The van der Waals surface area contributed by atoms with Gasteiger partial charge in [0.15, 0.2) is 0 Å². The second kappa shape index (κ2) is 6.39. The standard InChI is InChI=1S/C14H26N2O/c1-11-7-8-15-13(9-11)14(17)16-10-12-5-3-2-4-6-12/h11-13,15H,2-10H2,1H3,(H,16,17). The smallest absolute Gasteiger partial charge is 0.237 e. The van der Waals surface area contributed by atoms with Crippen molar-refractivity contribution in [3.05, 3.63) is 0 Å². The summed E-state index contributed by atoms with van der Waals surface area (Å²) in [5.41, 5.74) is 0. The molecule has 3 heteroatoms. The van der Waals surface area contributed by atoms with Crippen molar-refractivity contribution in [2.45, 2.75) is 57.9 Å². The third kappa shape index (κ3) is 3.98. The SMILES string of the molecule is CC1CCNC(C(=O)NCC2CCCCC2)C1. The monoisotopic (exact) mass is 238 g/mol. The Bertz CT molecular complexity index is 249. The Kier molecular flexibility index (Phi) is 4.84. The average molecular weight is 238 g/mol. The van der Waals surface area contributed by atoms with Crippen LogP contribution >= 0.6 is 0 Å². The molecule has 0 aromatic heterocycles. The summed E-state index contributed by atoms with van der Waals surface area (Å²) in [5, 5.41) is 6.47. The van der Waals surface area contributed by atoms with E-state index in [0.29, 0.717) is 5.92 Å². The summed E-state index contributed by atoms with van der Waals surface area (Å²) in [6.07, 6.45) is 8.87. The van der Waals surface area contributed by atoms with E-state index in [1.807, 2.05) is 0 Å². The van der Waals surface area contributed by atoms with Gasteiger partial charge in [-0.05, 0) is 44.1 Å². The van der Waals surface area contributed by atoms with Crippen molar-refractivity contribution in [1.29, 1.82) is 0 Å². The van der Waals surface area contributed by atoms with Gasteiger partial charge in [0.1, 0.15) is 0 Å². The van der Waals surface area contributed by atoms with Crippen LogP contribution in [0.1, 0.15) is 51.9 Å². The molecule has 2 rings (SSSR count). The lowest BCUT2D eigenvalue weighted by Crippen LogP contribution is -2.49. The maximum atomic E-state index is 12.0. The predicted octanol–water partition coefficient (Wildman–Crippen LogP) is 2.07. The highest BCUT2D eigenvalue weighted by Gasteiger charge is 2.25. The van der Waals surface area contributed by atoms with Crippen LogP contribution in [-0.4, -0.2) is 25.0 Å². The lowest BCUT2D eigenvalue weighted by molar-refractivity contribution is -0.124. The Morgan fingerprint density at radius 3 is 2.71 bits per heavy atom. The van der Waals surface area contributed by atoms with Gasteiger partial charge in [-0.2, -0.15) is 0 Å². The van der Waals surface area contributed by atoms with Crippen molar-refractivity contribution in [2.75, 3.05) is 13.1 Å². The summed E-state index contributed by atoms with van der Waals surface area (Å²) in [4.78, 5) is 12.0. The van der Waals surface area contributed by atoms with Gasteiger partial charge in [-0.1, -0.05) is 26.2 Å². The maximum Gasteiger partial charge on any atom is 0.237 e. The Hall–Kier alpha value is -0.570. The van der Waals surface area contributed by atoms with Gasteiger partial charge in [0.2, 0.25) is 5.91 Å². The van der Waals surface area contributed by atoms with Crippen LogP contribution in [0.2, 0.25) is 0 Å². The Morgan fingerprint density at radius 1 is 1.24 bits per heavy atom. The zero-order valence-corrected chi connectivity index (χ0v) is 11.0. The molecule has 1 saturated carbocycles. The molecular formula is C14H26N2O. The van der Waals surface area contributed by atoms with E-state index < -0.39 is 0 Å². The second-order valence-electron chi connectivity index (χ2n) is 5.89. The summed E-state index contributed by atoms with van der Waals surface area (Å²) < 4.78 is 0. The van der Waals surface area contributed by atoms with Crippen LogP contribution in [0.3, 0.4) is 0 Å². The number of hydrogen-bond donors (Lipinski definition) is 2. The highest BCUT2D eigenvalue weighted by Crippen LogP contribution is 2.23. The van der Waals surface area contributed by atoms with Gasteiger partial charge in [0.25, 0.3) is 0 Å². The fourth-order valence-corrected chi connectivity index (χ4v) is 3.07. The molecule has 2 N–H and O–H groups in total. The van der Waals surface area contributed by atoms with Crippen LogP contribution in [0.15, 0.2) is 0 Å². The van der Waals surface area contributed by atoms with E-state index in [0.717, 1.165) is 25.4 Å². The minimum absolute atomic E-state index is 0.0577. The highest BCUT2D eigenvalue weighted by molar-refractivity contribution is 5.81. The van der Waals surface area contributed by atoms with E-state index in [2.05, 4.69) is 17.6 Å². The van der Waals surface area contributed by atoms with Crippen molar-refractivity contribution in [3.63, 3.8) is 0 Å². The summed E-state index contributed by atoms with van der Waals surface area (Å²) in [5.74, 6) is 1.64. The molecule has 3 nitrogen and oxygen atoms in total. The first-order chi connectivity index (χ1) is 8.25. The molecule has 2 fully saturated rings. The molecule has 2 aliphatic rings. The van der Waals surface area contributed by atoms with Crippen molar-refractivity contribution in [3.8, 4) is 0 Å². The molecule has 1 aliphatic heterocycles. The second-order valence-corrected chi connectivity index (χ2v) is 5.89. The third-order valence-corrected chi connectivity index (χ3v) is 4.27. The lowest BCUT2D eigenvalue weighted by atomic mass is 9.89. The van der Waals surface area contributed by atoms with E-state index in [9.17, 15) is 4.79 Å². The average Bonchev–Trinajstić information content (AvgIpc) is 2.37. The van der Waals surface area contributed by atoms with Crippen molar-refractivity contribution in [1.82, 2.24) is 10.6 Å². The first kappa shape index (κ1) is 12.9. The Morgan fingerprint density at radius 2 is 2.00 bits per heavy atom. The van der Waals surface area contributed by atoms with Gasteiger partial charge in [-0.25, -0.2) is 0 Å². The molecule has 2 atom stereocenters. The molecule has 17 heavy (non-hydrogen) atoms. The summed E-state index contributed by atoms with van der Waals surface area (Å²) in [6, 6.07) is 0.0577. The van der Waals surface area contributed by atoms with Crippen LogP contribution < -0.4 is 10.6 Å². The summed E-state index contributed by atoms with van der Waals surface area (Å²) >= 11 is 0. The van der Waals surface area contributed by atoms with E-state index >= 15 is 0 Å². The van der Waals surface area contributed by atoms with E-state index in [1.165, 1.54) is 38.5 Å². The zero-order chi connectivity index (χ0) is 12.1. The van der Waals surface area contributed by atoms with Gasteiger partial charge in [-0.3, -0.25) is 4.79 Å². The molecule has 0 spiro atoms. The van der Waals surface area contributed by atoms with Crippen molar-refractivity contribution < 1.29 is 4.79 Å². The van der Waals surface area contributed by atoms with Crippen LogP contribution in [0.5, 0.6) is 0 Å². The molecule has 0 aromatic rings. The number of rotatable bonds is 3. The molecule has 1 heterocycles. The largest absolute Gasteiger partial charge is 0.354 e. The quantitative estimate of drug-likeness (QED) is 0.790. The van der Waals surface area contributed by atoms with Gasteiger partial charge in [-0.15, -0.1) is 0 Å². The molecule has 1 amide bonds. The maximum absolute atomic E-state index is 12.0. The third-order valence-electron chi connectivity index (χ3n) is 4.27. The molecule has 2 unspecified atom stereocenters. The molecule has 98 valence electrons. The van der Waals surface area contributed by atoms with Crippen LogP contribution in [0, 0.1) is 11.8 Å². The number of amides is 1. The minimum Gasteiger partial charge on any atom is -0.354 e. The molecule has 0 radical (unpaired) electrons. The minimum atomic E-state index is 0.0577. The summed E-state index contributed by atoms with van der Waals surface area (Å²) in [7, 11) is 0. The number of piperidine rings is 1. The summed E-state index contributed by atoms with van der Waals surface area (Å²) in [6.45, 7) is 4.12. The highest BCUT2D eigenvalue weighted by atomic mass is 16.2. The van der Waals surface area contributed by atoms with Gasteiger partial charge >= 0.3 is 0 Å². The molecular weight excluding hydrogens is 212 g/mol.